The molecule has 106 valence electrons. The fourth-order valence-corrected chi connectivity index (χ4v) is 2.11. The third kappa shape index (κ3) is 3.84. The standard InChI is InChI=1S/C15H19ClN4/c1-9(2)17-14-8-11(4)18-15(20-14)19-13-6-5-12(16)7-10(13)3/h5-9H,1-4H3,(H2,17,18,19,20). The Morgan fingerprint density at radius 3 is 2.50 bits per heavy atom. The zero-order valence-electron chi connectivity index (χ0n) is 12.2. The first-order valence-electron chi connectivity index (χ1n) is 6.59. The van der Waals surface area contributed by atoms with Gasteiger partial charge in [-0.2, -0.15) is 4.98 Å². The third-order valence-corrected chi connectivity index (χ3v) is 2.96. The van der Waals surface area contributed by atoms with Gasteiger partial charge in [0.15, 0.2) is 0 Å². The molecule has 0 unspecified atom stereocenters. The van der Waals surface area contributed by atoms with Crippen molar-refractivity contribution in [3.8, 4) is 0 Å². The molecule has 1 aromatic heterocycles. The molecular formula is C15H19ClN4. The van der Waals surface area contributed by atoms with Crippen molar-refractivity contribution >= 4 is 29.1 Å². The Labute approximate surface area is 124 Å². The minimum Gasteiger partial charge on any atom is -0.368 e. The van der Waals surface area contributed by atoms with Gasteiger partial charge in [0.25, 0.3) is 0 Å². The van der Waals surface area contributed by atoms with Crippen LogP contribution in [0.2, 0.25) is 5.02 Å². The zero-order valence-corrected chi connectivity index (χ0v) is 12.9. The summed E-state index contributed by atoms with van der Waals surface area (Å²) >= 11 is 5.96. The van der Waals surface area contributed by atoms with Crippen LogP contribution in [0.15, 0.2) is 24.3 Å². The molecule has 0 saturated heterocycles. The first-order valence-corrected chi connectivity index (χ1v) is 6.97. The van der Waals surface area contributed by atoms with E-state index < -0.39 is 0 Å². The van der Waals surface area contributed by atoms with Crippen molar-refractivity contribution in [1.29, 1.82) is 0 Å². The van der Waals surface area contributed by atoms with Crippen LogP contribution in [0.4, 0.5) is 17.5 Å². The van der Waals surface area contributed by atoms with E-state index in [1.165, 1.54) is 0 Å². The highest BCUT2D eigenvalue weighted by Crippen LogP contribution is 2.22. The average Bonchev–Trinajstić information content (AvgIpc) is 2.31. The predicted molar refractivity (Wildman–Crippen MR) is 85.0 cm³/mol. The molecule has 20 heavy (non-hydrogen) atoms. The van der Waals surface area contributed by atoms with Crippen molar-refractivity contribution in [3.63, 3.8) is 0 Å². The highest BCUT2D eigenvalue weighted by Gasteiger charge is 2.06. The van der Waals surface area contributed by atoms with Crippen LogP contribution in [-0.2, 0) is 0 Å². The minimum absolute atomic E-state index is 0.328. The van der Waals surface area contributed by atoms with Crippen LogP contribution in [0, 0.1) is 13.8 Å². The van der Waals surface area contributed by atoms with Gasteiger partial charge in [-0.15, -0.1) is 0 Å². The van der Waals surface area contributed by atoms with E-state index in [0.29, 0.717) is 12.0 Å². The number of benzene rings is 1. The fourth-order valence-electron chi connectivity index (χ4n) is 1.88. The summed E-state index contributed by atoms with van der Waals surface area (Å²) in [4.78, 5) is 8.87. The lowest BCUT2D eigenvalue weighted by Crippen LogP contribution is -2.12. The minimum atomic E-state index is 0.328. The Morgan fingerprint density at radius 2 is 1.85 bits per heavy atom. The molecule has 0 fully saturated rings. The number of aromatic nitrogens is 2. The van der Waals surface area contributed by atoms with E-state index in [-0.39, 0.29) is 0 Å². The molecule has 2 aromatic rings. The summed E-state index contributed by atoms with van der Waals surface area (Å²) in [6, 6.07) is 7.94. The molecule has 0 amide bonds. The maximum atomic E-state index is 5.96. The Kier molecular flexibility index (Phi) is 4.45. The number of nitrogens with zero attached hydrogens (tertiary/aromatic N) is 2. The summed E-state index contributed by atoms with van der Waals surface area (Å²) in [7, 11) is 0. The van der Waals surface area contributed by atoms with E-state index in [9.17, 15) is 0 Å². The van der Waals surface area contributed by atoms with Crippen LogP contribution in [0.1, 0.15) is 25.1 Å². The zero-order chi connectivity index (χ0) is 14.7. The second-order valence-corrected chi connectivity index (χ2v) is 5.54. The van der Waals surface area contributed by atoms with Crippen molar-refractivity contribution in [1.82, 2.24) is 9.97 Å². The van der Waals surface area contributed by atoms with Gasteiger partial charge in [0.2, 0.25) is 5.95 Å². The first-order chi connectivity index (χ1) is 9.44. The molecule has 0 radical (unpaired) electrons. The van der Waals surface area contributed by atoms with Gasteiger partial charge in [-0.1, -0.05) is 11.6 Å². The topological polar surface area (TPSA) is 49.8 Å². The molecule has 5 heteroatoms. The number of anilines is 3. The molecule has 0 bridgehead atoms. The van der Waals surface area contributed by atoms with Gasteiger partial charge in [-0.25, -0.2) is 4.98 Å². The SMILES string of the molecule is Cc1cc(NC(C)C)nc(Nc2ccc(Cl)cc2C)n1. The summed E-state index contributed by atoms with van der Waals surface area (Å²) in [5.41, 5.74) is 2.92. The Balaban J connectivity index is 2.26. The molecule has 4 nitrogen and oxygen atoms in total. The highest BCUT2D eigenvalue weighted by atomic mass is 35.5. The van der Waals surface area contributed by atoms with E-state index >= 15 is 0 Å². The van der Waals surface area contributed by atoms with Crippen LogP contribution >= 0.6 is 11.6 Å². The van der Waals surface area contributed by atoms with Crippen LogP contribution in [-0.4, -0.2) is 16.0 Å². The normalized spacial score (nSPS) is 10.7. The van der Waals surface area contributed by atoms with E-state index in [1.807, 2.05) is 38.1 Å². The molecule has 2 rings (SSSR count). The summed E-state index contributed by atoms with van der Waals surface area (Å²) < 4.78 is 0. The van der Waals surface area contributed by atoms with Crippen molar-refractivity contribution in [2.45, 2.75) is 33.7 Å². The fraction of sp³-hybridized carbons (Fsp3) is 0.333. The number of hydrogen-bond acceptors (Lipinski definition) is 4. The Bertz CT molecular complexity index is 611. The Hall–Kier alpha value is -1.81. The lowest BCUT2D eigenvalue weighted by atomic mass is 10.2. The maximum Gasteiger partial charge on any atom is 0.229 e. The monoisotopic (exact) mass is 290 g/mol. The second-order valence-electron chi connectivity index (χ2n) is 5.10. The number of hydrogen-bond donors (Lipinski definition) is 2. The van der Waals surface area contributed by atoms with Gasteiger partial charge < -0.3 is 10.6 Å². The van der Waals surface area contributed by atoms with E-state index in [0.717, 1.165) is 27.8 Å². The summed E-state index contributed by atoms with van der Waals surface area (Å²) in [5.74, 6) is 1.40. The van der Waals surface area contributed by atoms with Crippen LogP contribution in [0.5, 0.6) is 0 Å². The number of halogens is 1. The number of nitrogens with one attached hydrogen (secondary N) is 2. The van der Waals surface area contributed by atoms with Gasteiger partial charge in [0.05, 0.1) is 0 Å². The molecule has 0 spiro atoms. The van der Waals surface area contributed by atoms with Gasteiger partial charge in [-0.05, 0) is 51.5 Å². The highest BCUT2D eigenvalue weighted by molar-refractivity contribution is 6.30. The van der Waals surface area contributed by atoms with Gasteiger partial charge in [-0.3, -0.25) is 0 Å². The molecular weight excluding hydrogens is 272 g/mol. The van der Waals surface area contributed by atoms with Crippen LogP contribution in [0.3, 0.4) is 0 Å². The summed E-state index contributed by atoms with van der Waals surface area (Å²) in [5, 5.41) is 7.24. The molecule has 1 aromatic carbocycles. The van der Waals surface area contributed by atoms with Gasteiger partial charge in [0, 0.05) is 28.5 Å². The average molecular weight is 291 g/mol. The van der Waals surface area contributed by atoms with E-state index in [2.05, 4.69) is 34.4 Å². The van der Waals surface area contributed by atoms with Crippen molar-refractivity contribution in [3.05, 3.63) is 40.5 Å². The molecule has 2 N–H and O–H groups in total. The van der Waals surface area contributed by atoms with Gasteiger partial charge in [0.1, 0.15) is 5.82 Å². The molecule has 0 aliphatic carbocycles. The molecule has 0 saturated carbocycles. The molecule has 1 heterocycles. The smallest absolute Gasteiger partial charge is 0.229 e. The van der Waals surface area contributed by atoms with Crippen LogP contribution in [0.25, 0.3) is 0 Å². The lowest BCUT2D eigenvalue weighted by Gasteiger charge is -2.13. The quantitative estimate of drug-likeness (QED) is 0.881. The number of aryl methyl sites for hydroxylation is 2. The van der Waals surface area contributed by atoms with Crippen molar-refractivity contribution < 1.29 is 0 Å². The van der Waals surface area contributed by atoms with Crippen molar-refractivity contribution in [2.24, 2.45) is 0 Å². The summed E-state index contributed by atoms with van der Waals surface area (Å²) in [6.07, 6.45) is 0. The van der Waals surface area contributed by atoms with E-state index in [4.69, 9.17) is 11.6 Å². The first kappa shape index (κ1) is 14.6. The van der Waals surface area contributed by atoms with Gasteiger partial charge >= 0.3 is 0 Å². The largest absolute Gasteiger partial charge is 0.368 e. The maximum absolute atomic E-state index is 5.96. The Morgan fingerprint density at radius 1 is 1.10 bits per heavy atom. The van der Waals surface area contributed by atoms with Crippen molar-refractivity contribution in [2.75, 3.05) is 10.6 Å². The molecule has 0 atom stereocenters. The summed E-state index contributed by atoms with van der Waals surface area (Å²) in [6.45, 7) is 8.10. The molecule has 0 aliphatic rings. The van der Waals surface area contributed by atoms with Crippen LogP contribution < -0.4 is 10.6 Å². The third-order valence-electron chi connectivity index (χ3n) is 2.73. The predicted octanol–water partition coefficient (Wildman–Crippen LogP) is 4.31. The number of rotatable bonds is 4. The molecule has 0 aliphatic heterocycles. The second kappa shape index (κ2) is 6.09. The van der Waals surface area contributed by atoms with E-state index in [1.54, 1.807) is 0 Å². The lowest BCUT2D eigenvalue weighted by molar-refractivity contribution is 0.885.